The maximum atomic E-state index is 12.1. The molecule has 0 fully saturated rings. The Morgan fingerprint density at radius 1 is 1.24 bits per heavy atom. The van der Waals surface area contributed by atoms with Crippen LogP contribution in [0.1, 0.15) is 0 Å². The molecule has 0 saturated heterocycles. The van der Waals surface area contributed by atoms with E-state index in [-0.39, 0.29) is 12.5 Å². The Morgan fingerprint density at radius 2 is 2.04 bits per heavy atom. The van der Waals surface area contributed by atoms with E-state index in [1.54, 1.807) is 42.5 Å². The molecule has 0 unspecified atom stereocenters. The van der Waals surface area contributed by atoms with Crippen LogP contribution in [0.3, 0.4) is 0 Å². The summed E-state index contributed by atoms with van der Waals surface area (Å²) in [5.74, 6) is 0.735. The molecule has 0 spiro atoms. The van der Waals surface area contributed by atoms with Gasteiger partial charge in [-0.3, -0.25) is 4.79 Å². The van der Waals surface area contributed by atoms with Crippen molar-refractivity contribution in [1.82, 2.24) is 20.2 Å². The first-order valence-electron chi connectivity index (χ1n) is 7.25. The largest absolute Gasteiger partial charge is 0.495 e. The monoisotopic (exact) mass is 359 g/mol. The molecule has 3 aromatic rings. The first-order chi connectivity index (χ1) is 12.2. The fraction of sp³-hybridized carbons (Fsp3) is 0.125. The summed E-state index contributed by atoms with van der Waals surface area (Å²) in [5.41, 5.74) is 1.27. The lowest BCUT2D eigenvalue weighted by Crippen LogP contribution is -2.20. The number of carbonyl (C=O) groups is 1. The minimum absolute atomic E-state index is 0.153. The highest BCUT2D eigenvalue weighted by Gasteiger charge is 2.09. The number of nitrogens with zero attached hydrogens (tertiary/aromatic N) is 4. The molecule has 8 nitrogen and oxygen atoms in total. The van der Waals surface area contributed by atoms with Crippen LogP contribution in [-0.4, -0.2) is 39.8 Å². The average molecular weight is 360 g/mol. The number of halogens is 1. The number of hydrogen-bond acceptors (Lipinski definition) is 6. The van der Waals surface area contributed by atoms with Gasteiger partial charge in [0.15, 0.2) is 6.61 Å². The second-order valence-electron chi connectivity index (χ2n) is 4.93. The van der Waals surface area contributed by atoms with Crippen LogP contribution in [0.15, 0.2) is 48.8 Å². The third-order valence-corrected chi connectivity index (χ3v) is 3.49. The molecule has 0 aliphatic carbocycles. The predicted molar refractivity (Wildman–Crippen MR) is 91.3 cm³/mol. The third kappa shape index (κ3) is 4.24. The summed E-state index contributed by atoms with van der Waals surface area (Å²) in [6, 6.07) is 12.0. The molecule has 25 heavy (non-hydrogen) atoms. The summed E-state index contributed by atoms with van der Waals surface area (Å²) in [6.45, 7) is -0.153. The van der Waals surface area contributed by atoms with Gasteiger partial charge in [-0.1, -0.05) is 11.6 Å². The van der Waals surface area contributed by atoms with E-state index < -0.39 is 0 Å². The summed E-state index contributed by atoms with van der Waals surface area (Å²) >= 11 is 5.93. The maximum absolute atomic E-state index is 12.1. The van der Waals surface area contributed by atoms with Gasteiger partial charge >= 0.3 is 0 Å². The van der Waals surface area contributed by atoms with Crippen molar-refractivity contribution in [2.45, 2.75) is 0 Å². The Balaban J connectivity index is 1.58. The zero-order valence-electron chi connectivity index (χ0n) is 13.2. The first-order valence-corrected chi connectivity index (χ1v) is 7.63. The molecule has 1 aromatic heterocycles. The maximum Gasteiger partial charge on any atom is 0.262 e. The molecule has 1 amide bonds. The zero-order chi connectivity index (χ0) is 17.6. The Kier molecular flexibility index (Phi) is 5.10. The van der Waals surface area contributed by atoms with Crippen LogP contribution in [-0.2, 0) is 4.79 Å². The minimum atomic E-state index is -0.329. The van der Waals surface area contributed by atoms with Gasteiger partial charge in [0.05, 0.1) is 18.5 Å². The normalized spacial score (nSPS) is 10.3. The summed E-state index contributed by atoms with van der Waals surface area (Å²) in [5, 5.41) is 14.1. The highest BCUT2D eigenvalue weighted by atomic mass is 35.5. The van der Waals surface area contributed by atoms with Crippen LogP contribution in [0.25, 0.3) is 5.69 Å². The van der Waals surface area contributed by atoms with E-state index in [0.29, 0.717) is 22.2 Å². The van der Waals surface area contributed by atoms with Gasteiger partial charge in [-0.15, -0.1) is 5.10 Å². The number of carbonyl (C=O) groups excluding carboxylic acids is 1. The molecule has 0 bridgehead atoms. The molecule has 0 aliphatic heterocycles. The number of amides is 1. The molecular formula is C16H14ClN5O3. The van der Waals surface area contributed by atoms with Gasteiger partial charge in [0, 0.05) is 5.02 Å². The Hall–Kier alpha value is -3.13. The second kappa shape index (κ2) is 7.63. The molecule has 0 radical (unpaired) electrons. The Labute approximate surface area is 148 Å². The van der Waals surface area contributed by atoms with Crippen LogP contribution in [0.2, 0.25) is 5.02 Å². The van der Waals surface area contributed by atoms with E-state index in [1.807, 2.05) is 0 Å². The lowest BCUT2D eigenvalue weighted by atomic mass is 10.3. The minimum Gasteiger partial charge on any atom is -0.495 e. The van der Waals surface area contributed by atoms with Crippen LogP contribution < -0.4 is 14.8 Å². The van der Waals surface area contributed by atoms with Gasteiger partial charge in [-0.2, -0.15) is 0 Å². The number of ether oxygens (including phenoxy) is 2. The molecule has 3 rings (SSSR count). The number of tetrazole rings is 1. The SMILES string of the molecule is COc1ccc(Cl)cc1NC(=O)COc1ccc(-n2cnnn2)cc1. The number of hydrogen-bond donors (Lipinski definition) is 1. The number of benzene rings is 2. The summed E-state index contributed by atoms with van der Waals surface area (Å²) in [7, 11) is 1.52. The van der Waals surface area contributed by atoms with Gasteiger partial charge in [0.1, 0.15) is 17.8 Å². The van der Waals surface area contributed by atoms with Crippen LogP contribution >= 0.6 is 11.6 Å². The average Bonchev–Trinajstić information content (AvgIpc) is 3.15. The smallest absolute Gasteiger partial charge is 0.262 e. The van der Waals surface area contributed by atoms with E-state index in [4.69, 9.17) is 21.1 Å². The highest BCUT2D eigenvalue weighted by molar-refractivity contribution is 6.31. The van der Waals surface area contributed by atoms with Crippen molar-refractivity contribution in [2.75, 3.05) is 19.0 Å². The molecule has 1 N–H and O–H groups in total. The van der Waals surface area contributed by atoms with Crippen molar-refractivity contribution in [2.24, 2.45) is 0 Å². The molecule has 1 heterocycles. The van der Waals surface area contributed by atoms with Crippen LogP contribution in [0.5, 0.6) is 11.5 Å². The van der Waals surface area contributed by atoms with Gasteiger partial charge < -0.3 is 14.8 Å². The second-order valence-corrected chi connectivity index (χ2v) is 5.37. The van der Waals surface area contributed by atoms with Crippen molar-refractivity contribution >= 4 is 23.2 Å². The van der Waals surface area contributed by atoms with Crippen molar-refractivity contribution in [3.63, 3.8) is 0 Å². The number of rotatable bonds is 6. The molecule has 0 atom stereocenters. The Morgan fingerprint density at radius 3 is 2.72 bits per heavy atom. The molecule has 0 aliphatic rings. The van der Waals surface area contributed by atoms with Crippen LogP contribution in [0.4, 0.5) is 5.69 Å². The van der Waals surface area contributed by atoms with Gasteiger partial charge in [0.25, 0.3) is 5.91 Å². The molecule has 0 saturated carbocycles. The number of aromatic nitrogens is 4. The fourth-order valence-electron chi connectivity index (χ4n) is 2.09. The van der Waals surface area contributed by atoms with Gasteiger partial charge in [0.2, 0.25) is 0 Å². The summed E-state index contributed by atoms with van der Waals surface area (Å²) in [6.07, 6.45) is 1.49. The standard InChI is InChI=1S/C16H14ClN5O3/c1-24-15-7-2-11(17)8-14(15)19-16(23)9-25-13-5-3-12(4-6-13)22-10-18-20-21-22/h2-8,10H,9H2,1H3,(H,19,23). The number of anilines is 1. The zero-order valence-corrected chi connectivity index (χ0v) is 14.0. The van der Waals surface area contributed by atoms with Gasteiger partial charge in [-0.25, -0.2) is 4.68 Å². The molecule has 9 heteroatoms. The highest BCUT2D eigenvalue weighted by Crippen LogP contribution is 2.27. The van der Waals surface area contributed by atoms with E-state index in [0.717, 1.165) is 5.69 Å². The third-order valence-electron chi connectivity index (χ3n) is 3.26. The molecule has 2 aromatic carbocycles. The van der Waals surface area contributed by atoms with Crippen molar-refractivity contribution in [3.05, 3.63) is 53.8 Å². The van der Waals surface area contributed by atoms with Gasteiger partial charge in [-0.05, 0) is 52.9 Å². The summed E-state index contributed by atoms with van der Waals surface area (Å²) < 4.78 is 12.2. The number of methoxy groups -OCH3 is 1. The lowest BCUT2D eigenvalue weighted by Gasteiger charge is -2.11. The van der Waals surface area contributed by atoms with Crippen molar-refractivity contribution in [3.8, 4) is 17.2 Å². The van der Waals surface area contributed by atoms with Crippen molar-refractivity contribution < 1.29 is 14.3 Å². The fourth-order valence-corrected chi connectivity index (χ4v) is 2.26. The quantitative estimate of drug-likeness (QED) is 0.726. The lowest BCUT2D eigenvalue weighted by molar-refractivity contribution is -0.118. The van der Waals surface area contributed by atoms with Crippen LogP contribution in [0, 0.1) is 0 Å². The van der Waals surface area contributed by atoms with E-state index in [9.17, 15) is 4.79 Å². The van der Waals surface area contributed by atoms with E-state index >= 15 is 0 Å². The predicted octanol–water partition coefficient (Wildman–Crippen LogP) is 2.34. The molecular weight excluding hydrogens is 346 g/mol. The number of nitrogens with one attached hydrogen (secondary N) is 1. The molecule has 128 valence electrons. The summed E-state index contributed by atoms with van der Waals surface area (Å²) in [4.78, 5) is 12.1. The first kappa shape index (κ1) is 16.7. The van der Waals surface area contributed by atoms with E-state index in [1.165, 1.54) is 18.1 Å². The topological polar surface area (TPSA) is 91.2 Å². The van der Waals surface area contributed by atoms with Crippen molar-refractivity contribution in [1.29, 1.82) is 0 Å². The van der Waals surface area contributed by atoms with E-state index in [2.05, 4.69) is 20.8 Å². The Bertz CT molecular complexity index is 853.